The van der Waals surface area contributed by atoms with Crippen LogP contribution in [0.3, 0.4) is 0 Å². The van der Waals surface area contributed by atoms with E-state index in [1.54, 1.807) is 6.07 Å². The van der Waals surface area contributed by atoms with Crippen molar-refractivity contribution in [3.8, 4) is 0 Å². The highest BCUT2D eigenvalue weighted by Gasteiger charge is 2.14. The maximum atomic E-state index is 10.5. The molecule has 2 heteroatoms. The summed E-state index contributed by atoms with van der Waals surface area (Å²) in [5, 5.41) is 10.5. The number of pyridine rings is 1. The van der Waals surface area contributed by atoms with Crippen LogP contribution in [0.1, 0.15) is 32.2 Å². The Hall–Kier alpha value is -0.890. The van der Waals surface area contributed by atoms with Gasteiger partial charge >= 0.3 is 0 Å². The number of aromatic nitrogens is 1. The summed E-state index contributed by atoms with van der Waals surface area (Å²) < 4.78 is 0. The van der Waals surface area contributed by atoms with Gasteiger partial charge in [-0.1, -0.05) is 26.8 Å². The van der Waals surface area contributed by atoms with Gasteiger partial charge in [-0.2, -0.15) is 0 Å². The fourth-order valence-corrected chi connectivity index (χ4v) is 0.978. The molecule has 0 aromatic carbocycles. The first-order valence-corrected chi connectivity index (χ1v) is 4.08. The minimum Gasteiger partial charge on any atom is -0.255 e. The molecule has 0 aliphatic carbocycles. The summed E-state index contributed by atoms with van der Waals surface area (Å²) in [6, 6.07) is 5.61. The zero-order valence-electron chi connectivity index (χ0n) is 7.79. The maximum Gasteiger partial charge on any atom is 0.124 e. The molecule has 0 bridgehead atoms. The Morgan fingerprint density at radius 1 is 1.33 bits per heavy atom. The van der Waals surface area contributed by atoms with E-state index in [9.17, 15) is 5.11 Å². The van der Waals surface area contributed by atoms with Crippen molar-refractivity contribution in [2.45, 2.75) is 32.8 Å². The molecule has 0 spiro atoms. The van der Waals surface area contributed by atoms with E-state index in [0.29, 0.717) is 5.69 Å². The third kappa shape index (κ3) is 2.05. The lowest BCUT2D eigenvalue weighted by Gasteiger charge is -2.17. The van der Waals surface area contributed by atoms with Crippen LogP contribution in [0, 0.1) is 0 Å². The van der Waals surface area contributed by atoms with Gasteiger partial charge in [0.2, 0.25) is 0 Å². The van der Waals surface area contributed by atoms with E-state index in [1.165, 1.54) is 0 Å². The highest BCUT2D eigenvalue weighted by molar-refractivity contribution is 5.16. The Morgan fingerprint density at radius 3 is 2.50 bits per heavy atom. The second-order valence-corrected chi connectivity index (χ2v) is 3.91. The molecule has 0 unspecified atom stereocenters. The van der Waals surface area contributed by atoms with Crippen LogP contribution < -0.4 is 0 Å². The predicted octanol–water partition coefficient (Wildman–Crippen LogP) is 2.31. The van der Waals surface area contributed by atoms with E-state index < -0.39 is 0 Å². The smallest absolute Gasteiger partial charge is 0.124 e. The average molecular weight is 164 g/mol. The molecule has 65 valence electrons. The van der Waals surface area contributed by atoms with Crippen LogP contribution in [0.5, 0.6) is 0 Å². The Bertz CT molecular complexity index is 263. The normalized spacial score (nSPS) is 11.7. The summed E-state index contributed by atoms with van der Waals surface area (Å²) in [5.74, 6) is 0. The van der Waals surface area contributed by atoms with E-state index in [-0.39, 0.29) is 12.0 Å². The summed E-state index contributed by atoms with van der Waals surface area (Å²) in [6.07, 6.45) is 0. The molecule has 0 saturated carbocycles. The van der Waals surface area contributed by atoms with Crippen LogP contribution in [0.25, 0.3) is 0 Å². The van der Waals surface area contributed by atoms with Crippen LogP contribution in [0.4, 0.5) is 0 Å². The zero-order chi connectivity index (χ0) is 9.19. The van der Waals surface area contributed by atoms with Crippen molar-refractivity contribution in [3.63, 3.8) is 0 Å². The highest BCUT2D eigenvalue weighted by Crippen LogP contribution is 2.19. The molecule has 1 aromatic heterocycles. The van der Waals surface area contributed by atoms with Crippen LogP contribution >= 0.6 is 0 Å². The predicted molar refractivity (Wildman–Crippen MR) is 47.3 cm³/mol. The van der Waals surface area contributed by atoms with Crippen LogP contribution in [-0.2, 0) is 17.1 Å². The Balaban J connectivity index is 3.02. The highest BCUT2D eigenvalue weighted by atomic mass is 16.3. The van der Waals surface area contributed by atoms with Crippen LogP contribution in [0.15, 0.2) is 18.2 Å². The van der Waals surface area contributed by atoms with Gasteiger partial charge in [0, 0.05) is 11.1 Å². The van der Waals surface area contributed by atoms with Gasteiger partial charge in [0.05, 0.1) is 5.69 Å². The lowest BCUT2D eigenvalue weighted by atomic mass is 9.91. The Labute approximate surface area is 73.3 Å². The van der Waals surface area contributed by atoms with E-state index in [4.69, 9.17) is 0 Å². The number of nitrogens with zero attached hydrogens (tertiary/aromatic N) is 1. The van der Waals surface area contributed by atoms with Crippen molar-refractivity contribution < 1.29 is 5.11 Å². The molecule has 0 fully saturated rings. The quantitative estimate of drug-likeness (QED) is 0.627. The Kier molecular flexibility index (Phi) is 2.48. The van der Waals surface area contributed by atoms with E-state index >= 15 is 0 Å². The number of hydrogen-bond acceptors (Lipinski definition) is 1. The molecule has 0 saturated heterocycles. The van der Waals surface area contributed by atoms with Gasteiger partial charge in [0.25, 0.3) is 0 Å². The van der Waals surface area contributed by atoms with Gasteiger partial charge in [-0.25, -0.2) is 5.11 Å². The van der Waals surface area contributed by atoms with Gasteiger partial charge < -0.3 is 0 Å². The molecule has 0 amide bonds. The third-order valence-corrected chi connectivity index (χ3v) is 1.72. The first-order chi connectivity index (χ1) is 5.54. The van der Waals surface area contributed by atoms with Crippen molar-refractivity contribution in [2.24, 2.45) is 0 Å². The fraction of sp³-hybridized carbons (Fsp3) is 0.500. The van der Waals surface area contributed by atoms with Crippen molar-refractivity contribution in [3.05, 3.63) is 29.6 Å². The minimum atomic E-state index is -0.232. The fourth-order valence-electron chi connectivity index (χ4n) is 0.978. The number of rotatable bonds is 1. The lowest BCUT2D eigenvalue weighted by Crippen LogP contribution is -2.14. The van der Waals surface area contributed by atoms with Crippen molar-refractivity contribution in [2.75, 3.05) is 0 Å². The molecule has 0 atom stereocenters. The largest absolute Gasteiger partial charge is 0.255 e. The van der Waals surface area contributed by atoms with Gasteiger partial charge in [0.1, 0.15) is 6.61 Å². The molecular formula is C10H14NO. The number of hydrogen-bond donors (Lipinski definition) is 0. The summed E-state index contributed by atoms with van der Waals surface area (Å²) in [7, 11) is 0. The molecule has 0 aliphatic rings. The molecular weight excluding hydrogens is 150 g/mol. The van der Waals surface area contributed by atoms with Crippen LogP contribution in [-0.4, -0.2) is 4.98 Å². The standard InChI is InChI=1S/C10H14NO/c1-10(2,3)9-6-4-5-8(7-12)11-9/h4-6H,7H2,1-3H3. The van der Waals surface area contributed by atoms with Crippen molar-refractivity contribution >= 4 is 0 Å². The topological polar surface area (TPSA) is 32.8 Å². The summed E-state index contributed by atoms with van der Waals surface area (Å²) in [5.41, 5.74) is 1.64. The zero-order valence-corrected chi connectivity index (χ0v) is 7.79. The van der Waals surface area contributed by atoms with E-state index in [2.05, 4.69) is 25.8 Å². The molecule has 0 aliphatic heterocycles. The van der Waals surface area contributed by atoms with Crippen molar-refractivity contribution in [1.82, 2.24) is 4.98 Å². The molecule has 1 aromatic rings. The Morgan fingerprint density at radius 2 is 2.00 bits per heavy atom. The monoisotopic (exact) mass is 164 g/mol. The molecule has 1 radical (unpaired) electrons. The molecule has 12 heavy (non-hydrogen) atoms. The van der Waals surface area contributed by atoms with Crippen LogP contribution in [0.2, 0.25) is 0 Å². The van der Waals surface area contributed by atoms with E-state index in [0.717, 1.165) is 5.69 Å². The second kappa shape index (κ2) is 3.23. The van der Waals surface area contributed by atoms with Gasteiger partial charge in [-0.15, -0.1) is 0 Å². The first kappa shape index (κ1) is 9.20. The van der Waals surface area contributed by atoms with Gasteiger partial charge in [-0.3, -0.25) is 4.98 Å². The van der Waals surface area contributed by atoms with Gasteiger partial charge in [0.15, 0.2) is 0 Å². The lowest BCUT2D eigenvalue weighted by molar-refractivity contribution is 0.173. The SMILES string of the molecule is CC(C)(C)c1cccc(C[O])n1. The molecule has 2 nitrogen and oxygen atoms in total. The minimum absolute atomic E-state index is 0.0329. The van der Waals surface area contributed by atoms with Gasteiger partial charge in [-0.05, 0) is 12.1 Å². The second-order valence-electron chi connectivity index (χ2n) is 3.91. The molecule has 1 heterocycles. The first-order valence-electron chi connectivity index (χ1n) is 4.08. The van der Waals surface area contributed by atoms with E-state index in [1.807, 2.05) is 12.1 Å². The maximum absolute atomic E-state index is 10.5. The molecule has 1 rings (SSSR count). The summed E-state index contributed by atoms with van der Waals surface area (Å²) in [6.45, 7) is 6.03. The average Bonchev–Trinajstić information content (AvgIpc) is 2.03. The summed E-state index contributed by atoms with van der Waals surface area (Å²) >= 11 is 0. The molecule has 0 N–H and O–H groups in total. The third-order valence-electron chi connectivity index (χ3n) is 1.72. The van der Waals surface area contributed by atoms with Crippen molar-refractivity contribution in [1.29, 1.82) is 0 Å². The summed E-state index contributed by atoms with van der Waals surface area (Å²) in [4.78, 5) is 4.25.